The van der Waals surface area contributed by atoms with Gasteiger partial charge in [-0.1, -0.05) is 11.8 Å². The number of esters is 1. The standard InChI is InChI=1S/C17H20N2O6S2/c1-2-23-16(20)8-26-17-18-12-9-27(21,22)10-13(12)19(17)11-3-4-14-15(7-11)25-6-5-24-14/h3-4,7,12-13H,2,5-6,8-10H2,1H3/t12-,13-/m0/s1. The van der Waals surface area contributed by atoms with Crippen LogP contribution in [0.5, 0.6) is 11.5 Å². The molecule has 0 radical (unpaired) electrons. The van der Waals surface area contributed by atoms with E-state index in [2.05, 4.69) is 4.99 Å². The Balaban J connectivity index is 1.62. The van der Waals surface area contributed by atoms with Crippen LogP contribution in [0.4, 0.5) is 5.69 Å². The van der Waals surface area contributed by atoms with Crippen molar-refractivity contribution in [3.8, 4) is 11.5 Å². The van der Waals surface area contributed by atoms with Gasteiger partial charge in [-0.2, -0.15) is 0 Å². The fourth-order valence-electron chi connectivity index (χ4n) is 3.44. The SMILES string of the molecule is CCOC(=O)CSC1=N[C@H]2CS(=O)(=O)C[C@@H]2N1c1ccc2c(c1)OCCO2. The number of rotatable bonds is 4. The van der Waals surface area contributed by atoms with Crippen LogP contribution in [0.25, 0.3) is 0 Å². The largest absolute Gasteiger partial charge is 0.486 e. The third-order valence-electron chi connectivity index (χ3n) is 4.54. The van der Waals surface area contributed by atoms with Gasteiger partial charge in [-0.05, 0) is 19.1 Å². The molecule has 4 rings (SSSR count). The molecule has 10 heteroatoms. The van der Waals surface area contributed by atoms with Crippen LogP contribution in [0.3, 0.4) is 0 Å². The predicted molar refractivity (Wildman–Crippen MR) is 103 cm³/mol. The van der Waals surface area contributed by atoms with E-state index in [1.807, 2.05) is 23.1 Å². The lowest BCUT2D eigenvalue weighted by Gasteiger charge is -2.28. The van der Waals surface area contributed by atoms with Crippen LogP contribution in [0.15, 0.2) is 23.2 Å². The van der Waals surface area contributed by atoms with Crippen LogP contribution in [0, 0.1) is 0 Å². The predicted octanol–water partition coefficient (Wildman–Crippen LogP) is 1.10. The Morgan fingerprint density at radius 2 is 2.07 bits per heavy atom. The molecule has 3 aliphatic heterocycles. The van der Waals surface area contributed by atoms with E-state index in [1.165, 1.54) is 11.8 Å². The van der Waals surface area contributed by atoms with E-state index in [-0.39, 0.29) is 35.3 Å². The fraction of sp³-hybridized carbons (Fsp3) is 0.529. The Morgan fingerprint density at radius 1 is 1.30 bits per heavy atom. The van der Waals surface area contributed by atoms with E-state index in [4.69, 9.17) is 14.2 Å². The molecule has 3 aliphatic rings. The molecule has 0 amide bonds. The quantitative estimate of drug-likeness (QED) is 0.679. The van der Waals surface area contributed by atoms with Crippen molar-refractivity contribution in [2.75, 3.05) is 42.0 Å². The number of ether oxygens (including phenoxy) is 3. The van der Waals surface area contributed by atoms with Gasteiger partial charge in [0.05, 0.1) is 35.9 Å². The van der Waals surface area contributed by atoms with Gasteiger partial charge >= 0.3 is 5.97 Å². The molecule has 1 aromatic carbocycles. The average Bonchev–Trinajstić information content (AvgIpc) is 3.11. The minimum absolute atomic E-state index is 0.0299. The number of carbonyl (C=O) groups is 1. The van der Waals surface area contributed by atoms with Gasteiger partial charge in [-0.3, -0.25) is 9.79 Å². The van der Waals surface area contributed by atoms with Gasteiger partial charge in [0.1, 0.15) is 13.2 Å². The Labute approximate surface area is 161 Å². The van der Waals surface area contributed by atoms with Gasteiger partial charge in [0.25, 0.3) is 0 Å². The molecule has 3 heterocycles. The second-order valence-corrected chi connectivity index (χ2v) is 9.51. The van der Waals surface area contributed by atoms with E-state index >= 15 is 0 Å². The van der Waals surface area contributed by atoms with E-state index in [0.29, 0.717) is 36.5 Å². The highest BCUT2D eigenvalue weighted by atomic mass is 32.2. The Bertz CT molecular complexity index is 885. The summed E-state index contributed by atoms with van der Waals surface area (Å²) in [6.45, 7) is 3.05. The number of benzene rings is 1. The number of amidine groups is 1. The van der Waals surface area contributed by atoms with Gasteiger partial charge in [-0.25, -0.2) is 8.42 Å². The number of hydrogen-bond acceptors (Lipinski definition) is 9. The number of aliphatic imine (C=N–C) groups is 1. The van der Waals surface area contributed by atoms with Crippen molar-refractivity contribution in [2.45, 2.75) is 19.0 Å². The smallest absolute Gasteiger partial charge is 0.316 e. The summed E-state index contributed by atoms with van der Waals surface area (Å²) in [6, 6.07) is 4.91. The number of hydrogen-bond donors (Lipinski definition) is 0. The molecule has 0 unspecified atom stereocenters. The number of fused-ring (bicyclic) bond motifs is 2. The topological polar surface area (TPSA) is 94.5 Å². The number of nitrogens with zero attached hydrogens (tertiary/aromatic N) is 2. The van der Waals surface area contributed by atoms with Gasteiger partial charge in [-0.15, -0.1) is 0 Å². The van der Waals surface area contributed by atoms with Gasteiger partial charge in [0, 0.05) is 11.8 Å². The van der Waals surface area contributed by atoms with Gasteiger partial charge < -0.3 is 19.1 Å². The van der Waals surface area contributed by atoms with Crippen molar-refractivity contribution in [1.82, 2.24) is 0 Å². The average molecular weight is 412 g/mol. The second kappa shape index (κ2) is 7.23. The normalized spacial score (nSPS) is 25.1. The summed E-state index contributed by atoms with van der Waals surface area (Å²) in [5.74, 6) is 1.16. The third-order valence-corrected chi connectivity index (χ3v) is 7.18. The monoisotopic (exact) mass is 412 g/mol. The zero-order valence-electron chi connectivity index (χ0n) is 14.8. The lowest BCUT2D eigenvalue weighted by Crippen LogP contribution is -2.39. The molecule has 2 atom stereocenters. The molecule has 0 aliphatic carbocycles. The van der Waals surface area contributed by atoms with Crippen molar-refractivity contribution in [1.29, 1.82) is 0 Å². The van der Waals surface area contributed by atoms with Crippen LogP contribution in [-0.4, -0.2) is 68.7 Å². The van der Waals surface area contributed by atoms with E-state index in [9.17, 15) is 13.2 Å². The van der Waals surface area contributed by atoms with Crippen LogP contribution in [0.1, 0.15) is 6.92 Å². The maximum absolute atomic E-state index is 12.1. The summed E-state index contributed by atoms with van der Waals surface area (Å²) in [6.07, 6.45) is 0. The molecule has 0 bridgehead atoms. The number of sulfone groups is 1. The molecule has 1 aromatic rings. The minimum Gasteiger partial charge on any atom is -0.486 e. The maximum Gasteiger partial charge on any atom is 0.316 e. The molecule has 0 spiro atoms. The Morgan fingerprint density at radius 3 is 2.85 bits per heavy atom. The first kappa shape index (κ1) is 18.4. The molecule has 0 saturated carbocycles. The molecular weight excluding hydrogens is 392 g/mol. The number of carbonyl (C=O) groups excluding carboxylic acids is 1. The summed E-state index contributed by atoms with van der Waals surface area (Å²) in [5.41, 5.74) is 0.777. The lowest BCUT2D eigenvalue weighted by molar-refractivity contribution is -0.139. The molecule has 146 valence electrons. The number of anilines is 1. The fourth-order valence-corrected chi connectivity index (χ4v) is 6.21. The van der Waals surface area contributed by atoms with Crippen LogP contribution in [-0.2, 0) is 19.4 Å². The zero-order chi connectivity index (χ0) is 19.0. The molecule has 1 saturated heterocycles. The van der Waals surface area contributed by atoms with Gasteiger partial charge in [0.15, 0.2) is 26.5 Å². The summed E-state index contributed by atoms with van der Waals surface area (Å²) in [4.78, 5) is 18.2. The van der Waals surface area contributed by atoms with Crippen molar-refractivity contribution >= 4 is 38.4 Å². The Hall–Kier alpha value is -1.94. The molecule has 0 aromatic heterocycles. The molecule has 1 fully saturated rings. The highest BCUT2D eigenvalue weighted by Crippen LogP contribution is 2.39. The molecule has 8 nitrogen and oxygen atoms in total. The number of thioether (sulfide) groups is 1. The minimum atomic E-state index is -3.13. The first-order valence-corrected chi connectivity index (χ1v) is 11.5. The highest BCUT2D eigenvalue weighted by molar-refractivity contribution is 8.14. The van der Waals surface area contributed by atoms with Crippen molar-refractivity contribution < 1.29 is 27.4 Å². The van der Waals surface area contributed by atoms with Crippen molar-refractivity contribution in [2.24, 2.45) is 4.99 Å². The highest BCUT2D eigenvalue weighted by Gasteiger charge is 2.47. The summed E-state index contributed by atoms with van der Waals surface area (Å²) >= 11 is 1.26. The Kier molecular flexibility index (Phi) is 4.94. The zero-order valence-corrected chi connectivity index (χ0v) is 16.4. The molecular formula is C17H20N2O6S2. The first-order chi connectivity index (χ1) is 13.0. The second-order valence-electron chi connectivity index (χ2n) is 6.41. The first-order valence-electron chi connectivity index (χ1n) is 8.72. The summed E-state index contributed by atoms with van der Waals surface area (Å²) < 4.78 is 40.4. The van der Waals surface area contributed by atoms with Crippen LogP contribution >= 0.6 is 11.8 Å². The van der Waals surface area contributed by atoms with E-state index in [0.717, 1.165) is 5.69 Å². The molecule has 0 N–H and O–H groups in total. The van der Waals surface area contributed by atoms with Crippen LogP contribution < -0.4 is 14.4 Å². The third kappa shape index (κ3) is 3.73. The molecule has 27 heavy (non-hydrogen) atoms. The van der Waals surface area contributed by atoms with Gasteiger partial charge in [0.2, 0.25) is 0 Å². The maximum atomic E-state index is 12.1. The summed E-state index contributed by atoms with van der Waals surface area (Å²) in [7, 11) is -3.13. The van der Waals surface area contributed by atoms with E-state index in [1.54, 1.807) is 6.92 Å². The lowest BCUT2D eigenvalue weighted by atomic mass is 10.1. The van der Waals surface area contributed by atoms with Crippen LogP contribution in [0.2, 0.25) is 0 Å². The summed E-state index contributed by atoms with van der Waals surface area (Å²) in [5, 5.41) is 0.629. The van der Waals surface area contributed by atoms with E-state index < -0.39 is 9.84 Å². The van der Waals surface area contributed by atoms with Crippen molar-refractivity contribution in [3.63, 3.8) is 0 Å². The van der Waals surface area contributed by atoms with Crippen molar-refractivity contribution in [3.05, 3.63) is 18.2 Å².